The summed E-state index contributed by atoms with van der Waals surface area (Å²) in [5.74, 6) is 1.70. The Kier molecular flexibility index (Phi) is 2.94. The highest BCUT2D eigenvalue weighted by molar-refractivity contribution is 5.95. The molecule has 4 heteroatoms. The zero-order valence-electron chi connectivity index (χ0n) is 10.7. The van der Waals surface area contributed by atoms with Crippen LogP contribution in [0.25, 0.3) is 0 Å². The zero-order chi connectivity index (χ0) is 12.5. The van der Waals surface area contributed by atoms with Gasteiger partial charge in [0.1, 0.15) is 5.82 Å². The van der Waals surface area contributed by atoms with Gasteiger partial charge in [-0.05, 0) is 44.2 Å². The van der Waals surface area contributed by atoms with Crippen LogP contribution in [-0.2, 0) is 0 Å². The molecule has 2 fully saturated rings. The van der Waals surface area contributed by atoms with Gasteiger partial charge >= 0.3 is 0 Å². The molecule has 2 heterocycles. The molecule has 1 aromatic rings. The number of carbonyl (C=O) groups excluding carboxylic acids is 1. The van der Waals surface area contributed by atoms with E-state index in [0.717, 1.165) is 30.4 Å². The second kappa shape index (κ2) is 4.59. The molecule has 2 bridgehead atoms. The number of pyridine rings is 1. The van der Waals surface area contributed by atoms with Crippen LogP contribution in [0.2, 0.25) is 0 Å². The Morgan fingerprint density at radius 2 is 2.44 bits per heavy atom. The molecular weight excluding hydrogens is 226 g/mol. The number of hydrogen-bond donors (Lipinski definition) is 1. The highest BCUT2D eigenvalue weighted by atomic mass is 16.2. The van der Waals surface area contributed by atoms with Crippen LogP contribution in [0.5, 0.6) is 0 Å². The molecule has 3 rings (SSSR count). The minimum Gasteiger partial charge on any atom is -0.370 e. The summed E-state index contributed by atoms with van der Waals surface area (Å²) in [7, 11) is 0. The number of nitrogens with zero attached hydrogens (tertiary/aromatic N) is 2. The lowest BCUT2D eigenvalue weighted by atomic mass is 10.1. The lowest BCUT2D eigenvalue weighted by Gasteiger charge is -2.27. The van der Waals surface area contributed by atoms with Gasteiger partial charge in [-0.25, -0.2) is 4.98 Å². The maximum atomic E-state index is 12.5. The first kappa shape index (κ1) is 11.5. The zero-order valence-corrected chi connectivity index (χ0v) is 10.7. The predicted octanol–water partition coefficient (Wildman–Crippen LogP) is 2.14. The van der Waals surface area contributed by atoms with Crippen LogP contribution < -0.4 is 5.32 Å². The minimum atomic E-state index is 0.170. The second-order valence-corrected chi connectivity index (χ2v) is 5.25. The number of carbonyl (C=O) groups is 1. The molecule has 1 N–H and O–H groups in total. The quantitative estimate of drug-likeness (QED) is 0.887. The average Bonchev–Trinajstić information content (AvgIpc) is 3.01. The number of nitrogens with one attached hydrogen (secondary N) is 1. The van der Waals surface area contributed by atoms with Gasteiger partial charge in [-0.15, -0.1) is 0 Å². The Hall–Kier alpha value is -1.58. The Morgan fingerprint density at radius 1 is 1.56 bits per heavy atom. The SMILES string of the molecule is CCNc1cc(C(=O)N2CC3CCC2C3)ccn1. The van der Waals surface area contributed by atoms with Gasteiger partial charge in [0.25, 0.3) is 5.91 Å². The fourth-order valence-electron chi connectivity index (χ4n) is 3.18. The fourth-order valence-corrected chi connectivity index (χ4v) is 3.18. The van der Waals surface area contributed by atoms with Gasteiger partial charge < -0.3 is 10.2 Å². The van der Waals surface area contributed by atoms with E-state index in [1.54, 1.807) is 6.20 Å². The van der Waals surface area contributed by atoms with Crippen molar-refractivity contribution in [2.45, 2.75) is 32.2 Å². The molecule has 96 valence electrons. The molecule has 0 radical (unpaired) electrons. The lowest BCUT2D eigenvalue weighted by Crippen LogP contribution is -2.37. The third-order valence-electron chi connectivity index (χ3n) is 4.03. The predicted molar refractivity (Wildman–Crippen MR) is 70.6 cm³/mol. The van der Waals surface area contributed by atoms with Crippen molar-refractivity contribution >= 4 is 11.7 Å². The molecule has 1 amide bonds. The molecule has 0 aromatic carbocycles. The van der Waals surface area contributed by atoms with Crippen molar-refractivity contribution in [3.63, 3.8) is 0 Å². The smallest absolute Gasteiger partial charge is 0.254 e. The molecule has 1 saturated carbocycles. The molecule has 1 aromatic heterocycles. The summed E-state index contributed by atoms with van der Waals surface area (Å²) >= 11 is 0. The fraction of sp³-hybridized carbons (Fsp3) is 0.571. The van der Waals surface area contributed by atoms with E-state index < -0.39 is 0 Å². The summed E-state index contributed by atoms with van der Waals surface area (Å²) in [6, 6.07) is 4.16. The molecular formula is C14H19N3O. The van der Waals surface area contributed by atoms with E-state index in [2.05, 4.69) is 15.2 Å². The van der Waals surface area contributed by atoms with Crippen LogP contribution in [0.1, 0.15) is 36.5 Å². The van der Waals surface area contributed by atoms with E-state index >= 15 is 0 Å². The number of anilines is 1. The second-order valence-electron chi connectivity index (χ2n) is 5.25. The molecule has 2 atom stereocenters. The molecule has 2 unspecified atom stereocenters. The summed E-state index contributed by atoms with van der Waals surface area (Å²) in [5.41, 5.74) is 0.758. The highest BCUT2D eigenvalue weighted by Gasteiger charge is 2.40. The molecule has 1 aliphatic carbocycles. The molecule has 2 aliphatic rings. The van der Waals surface area contributed by atoms with Crippen LogP contribution in [-0.4, -0.2) is 34.9 Å². The summed E-state index contributed by atoms with van der Waals surface area (Å²) in [5, 5.41) is 3.15. The van der Waals surface area contributed by atoms with Crippen LogP contribution in [0.3, 0.4) is 0 Å². The summed E-state index contributed by atoms with van der Waals surface area (Å²) in [4.78, 5) is 18.7. The van der Waals surface area contributed by atoms with E-state index in [1.807, 2.05) is 19.1 Å². The largest absolute Gasteiger partial charge is 0.370 e. The third-order valence-corrected chi connectivity index (χ3v) is 4.03. The Morgan fingerprint density at radius 3 is 3.11 bits per heavy atom. The van der Waals surface area contributed by atoms with E-state index in [0.29, 0.717) is 6.04 Å². The first-order chi connectivity index (χ1) is 8.78. The number of likely N-dealkylation sites (tertiary alicyclic amines) is 1. The molecule has 1 saturated heterocycles. The number of rotatable bonds is 3. The van der Waals surface area contributed by atoms with Crippen LogP contribution in [0.15, 0.2) is 18.3 Å². The number of aromatic nitrogens is 1. The summed E-state index contributed by atoms with van der Waals surface area (Å²) < 4.78 is 0. The van der Waals surface area contributed by atoms with Crippen LogP contribution in [0, 0.1) is 5.92 Å². The summed E-state index contributed by atoms with van der Waals surface area (Å²) in [6.07, 6.45) is 5.39. The van der Waals surface area contributed by atoms with Gasteiger partial charge in [0.2, 0.25) is 0 Å². The van der Waals surface area contributed by atoms with Gasteiger partial charge in [0.15, 0.2) is 0 Å². The van der Waals surface area contributed by atoms with Crippen molar-refractivity contribution in [1.29, 1.82) is 0 Å². The van der Waals surface area contributed by atoms with Crippen molar-refractivity contribution in [3.8, 4) is 0 Å². The van der Waals surface area contributed by atoms with Gasteiger partial charge in [-0.1, -0.05) is 0 Å². The standard InChI is InChI=1S/C14H19N3O/c1-2-15-13-8-11(5-6-16-13)14(18)17-9-10-3-4-12(17)7-10/h5-6,8,10,12H,2-4,7,9H2,1H3,(H,15,16). The minimum absolute atomic E-state index is 0.170. The van der Waals surface area contributed by atoms with Crippen molar-refractivity contribution in [3.05, 3.63) is 23.9 Å². The van der Waals surface area contributed by atoms with Gasteiger partial charge in [0.05, 0.1) is 0 Å². The van der Waals surface area contributed by atoms with E-state index in [4.69, 9.17) is 0 Å². The topological polar surface area (TPSA) is 45.2 Å². The molecule has 1 aliphatic heterocycles. The maximum Gasteiger partial charge on any atom is 0.254 e. The number of amides is 1. The van der Waals surface area contributed by atoms with Crippen LogP contribution >= 0.6 is 0 Å². The summed E-state index contributed by atoms with van der Waals surface area (Å²) in [6.45, 7) is 3.79. The maximum absolute atomic E-state index is 12.5. The normalized spacial score (nSPS) is 25.5. The van der Waals surface area contributed by atoms with Crippen molar-refractivity contribution in [1.82, 2.24) is 9.88 Å². The third kappa shape index (κ3) is 1.96. The van der Waals surface area contributed by atoms with Crippen molar-refractivity contribution < 1.29 is 4.79 Å². The first-order valence-corrected chi connectivity index (χ1v) is 6.79. The monoisotopic (exact) mass is 245 g/mol. The van der Waals surface area contributed by atoms with E-state index in [9.17, 15) is 4.79 Å². The van der Waals surface area contributed by atoms with E-state index in [1.165, 1.54) is 19.3 Å². The van der Waals surface area contributed by atoms with Crippen molar-refractivity contribution in [2.24, 2.45) is 5.92 Å². The lowest BCUT2D eigenvalue weighted by molar-refractivity contribution is 0.0703. The van der Waals surface area contributed by atoms with Crippen molar-refractivity contribution in [2.75, 3.05) is 18.4 Å². The number of hydrogen-bond acceptors (Lipinski definition) is 3. The van der Waals surface area contributed by atoms with Gasteiger partial charge in [-0.3, -0.25) is 4.79 Å². The Bertz CT molecular complexity index is 460. The number of piperidine rings is 1. The molecule has 18 heavy (non-hydrogen) atoms. The Balaban J connectivity index is 1.77. The molecule has 0 spiro atoms. The van der Waals surface area contributed by atoms with E-state index in [-0.39, 0.29) is 5.91 Å². The first-order valence-electron chi connectivity index (χ1n) is 6.79. The highest BCUT2D eigenvalue weighted by Crippen LogP contribution is 2.38. The average molecular weight is 245 g/mol. The Labute approximate surface area is 107 Å². The van der Waals surface area contributed by atoms with Gasteiger partial charge in [-0.2, -0.15) is 0 Å². The van der Waals surface area contributed by atoms with Gasteiger partial charge in [0, 0.05) is 30.9 Å². The number of fused-ring (bicyclic) bond motifs is 2. The molecule has 4 nitrogen and oxygen atoms in total. The van der Waals surface area contributed by atoms with Crippen LogP contribution in [0.4, 0.5) is 5.82 Å².